The third kappa shape index (κ3) is 4.74. The van der Waals surface area contributed by atoms with Gasteiger partial charge in [-0.15, -0.1) is 0 Å². The minimum atomic E-state index is -2.48. The molecule has 0 aromatic rings. The fourth-order valence-electron chi connectivity index (χ4n) is 0.945. The van der Waals surface area contributed by atoms with Crippen molar-refractivity contribution in [1.82, 2.24) is 4.90 Å². The van der Waals surface area contributed by atoms with Crippen molar-refractivity contribution in [3.63, 3.8) is 0 Å². The SMILES string of the molecule is CC(C(=N)N)N(CCO)CC(F)F. The number of nitrogens with two attached hydrogens (primary N) is 1. The van der Waals surface area contributed by atoms with Gasteiger partial charge in [0, 0.05) is 6.54 Å². The Morgan fingerprint density at radius 1 is 1.62 bits per heavy atom. The van der Waals surface area contributed by atoms with Crippen LogP contribution in [-0.2, 0) is 0 Å². The molecule has 0 bridgehead atoms. The zero-order chi connectivity index (χ0) is 10.4. The summed E-state index contributed by atoms with van der Waals surface area (Å²) < 4.78 is 24.0. The van der Waals surface area contributed by atoms with Crippen molar-refractivity contribution < 1.29 is 13.9 Å². The Kier molecular flexibility index (Phi) is 5.48. The van der Waals surface area contributed by atoms with E-state index in [1.807, 2.05) is 0 Å². The molecule has 0 radical (unpaired) electrons. The van der Waals surface area contributed by atoms with Gasteiger partial charge in [-0.1, -0.05) is 0 Å². The molecule has 0 aromatic heterocycles. The quantitative estimate of drug-likeness (QED) is 0.408. The molecule has 0 saturated heterocycles. The summed E-state index contributed by atoms with van der Waals surface area (Å²) in [7, 11) is 0. The fourth-order valence-corrected chi connectivity index (χ4v) is 0.945. The van der Waals surface area contributed by atoms with Gasteiger partial charge < -0.3 is 10.8 Å². The molecule has 4 N–H and O–H groups in total. The van der Waals surface area contributed by atoms with Gasteiger partial charge in [0.25, 0.3) is 6.43 Å². The van der Waals surface area contributed by atoms with Gasteiger partial charge in [0.1, 0.15) is 5.84 Å². The molecule has 6 heteroatoms. The molecular weight excluding hydrogens is 180 g/mol. The maximum Gasteiger partial charge on any atom is 0.251 e. The standard InChI is InChI=1S/C7H15F2N3O/c1-5(7(10)11)12(2-3-13)4-6(8)9/h5-6,13H,2-4H2,1H3,(H3,10,11). The van der Waals surface area contributed by atoms with Crippen LogP contribution in [0.5, 0.6) is 0 Å². The van der Waals surface area contributed by atoms with Crippen LogP contribution in [0, 0.1) is 5.41 Å². The average Bonchev–Trinajstić information content (AvgIpc) is 2.01. The van der Waals surface area contributed by atoms with Gasteiger partial charge in [-0.05, 0) is 6.92 Å². The maximum atomic E-state index is 12.0. The summed E-state index contributed by atoms with van der Waals surface area (Å²) in [5.41, 5.74) is 5.16. The summed E-state index contributed by atoms with van der Waals surface area (Å²) in [6, 6.07) is -0.554. The smallest absolute Gasteiger partial charge is 0.251 e. The van der Waals surface area contributed by atoms with Crippen molar-refractivity contribution in [2.24, 2.45) is 5.73 Å². The Morgan fingerprint density at radius 2 is 2.15 bits per heavy atom. The highest BCUT2D eigenvalue weighted by atomic mass is 19.3. The summed E-state index contributed by atoms with van der Waals surface area (Å²) in [5.74, 6) is -0.172. The number of aliphatic hydroxyl groups is 1. The summed E-state index contributed by atoms with van der Waals surface area (Å²) in [6.45, 7) is 0.969. The first-order valence-corrected chi connectivity index (χ1v) is 3.96. The van der Waals surface area contributed by atoms with Crippen LogP contribution in [0.2, 0.25) is 0 Å². The lowest BCUT2D eigenvalue weighted by Gasteiger charge is -2.26. The summed E-state index contributed by atoms with van der Waals surface area (Å²) >= 11 is 0. The van der Waals surface area contributed by atoms with E-state index in [1.54, 1.807) is 6.92 Å². The molecule has 1 unspecified atom stereocenters. The molecular formula is C7H15F2N3O. The van der Waals surface area contributed by atoms with E-state index in [9.17, 15) is 8.78 Å². The molecule has 78 valence electrons. The van der Waals surface area contributed by atoms with Crippen LogP contribution in [0.25, 0.3) is 0 Å². The van der Waals surface area contributed by atoms with Gasteiger partial charge in [-0.3, -0.25) is 10.3 Å². The molecule has 0 aromatic carbocycles. The summed E-state index contributed by atoms with van der Waals surface area (Å²) in [5, 5.41) is 15.6. The van der Waals surface area contributed by atoms with E-state index in [0.29, 0.717) is 0 Å². The Hall–Kier alpha value is -0.750. The van der Waals surface area contributed by atoms with Crippen LogP contribution in [-0.4, -0.2) is 48.0 Å². The Morgan fingerprint density at radius 3 is 2.46 bits per heavy atom. The minimum Gasteiger partial charge on any atom is -0.395 e. The van der Waals surface area contributed by atoms with Crippen LogP contribution in [0.15, 0.2) is 0 Å². The largest absolute Gasteiger partial charge is 0.395 e. The van der Waals surface area contributed by atoms with Crippen LogP contribution < -0.4 is 5.73 Å². The van der Waals surface area contributed by atoms with E-state index in [2.05, 4.69) is 0 Å². The number of amidine groups is 1. The molecule has 0 fully saturated rings. The molecule has 0 rings (SSSR count). The highest BCUT2D eigenvalue weighted by Gasteiger charge is 2.19. The van der Waals surface area contributed by atoms with Crippen LogP contribution in [0.4, 0.5) is 8.78 Å². The van der Waals surface area contributed by atoms with Gasteiger partial charge in [0.05, 0.1) is 19.2 Å². The first-order valence-electron chi connectivity index (χ1n) is 3.96. The number of aliphatic hydroxyl groups excluding tert-OH is 1. The van der Waals surface area contributed by atoms with Gasteiger partial charge in [-0.25, -0.2) is 8.78 Å². The van der Waals surface area contributed by atoms with E-state index < -0.39 is 19.0 Å². The minimum absolute atomic E-state index is 0.102. The van der Waals surface area contributed by atoms with E-state index in [0.717, 1.165) is 0 Å². The van der Waals surface area contributed by atoms with E-state index in [1.165, 1.54) is 4.90 Å². The van der Waals surface area contributed by atoms with Gasteiger partial charge in [0.15, 0.2) is 0 Å². The van der Waals surface area contributed by atoms with Crippen LogP contribution in [0.3, 0.4) is 0 Å². The molecule has 0 amide bonds. The molecule has 0 heterocycles. The Bertz CT molecular complexity index is 166. The van der Waals surface area contributed by atoms with Gasteiger partial charge >= 0.3 is 0 Å². The zero-order valence-electron chi connectivity index (χ0n) is 7.50. The van der Waals surface area contributed by atoms with Crippen molar-refractivity contribution >= 4 is 5.84 Å². The van der Waals surface area contributed by atoms with Crippen molar-refractivity contribution in [3.05, 3.63) is 0 Å². The summed E-state index contributed by atoms with van der Waals surface area (Å²) in [6.07, 6.45) is -2.48. The molecule has 0 aliphatic rings. The number of hydrogen-bond donors (Lipinski definition) is 3. The lowest BCUT2D eigenvalue weighted by molar-refractivity contribution is 0.0715. The van der Waals surface area contributed by atoms with Crippen molar-refractivity contribution in [1.29, 1.82) is 5.41 Å². The van der Waals surface area contributed by atoms with Crippen molar-refractivity contribution in [2.45, 2.75) is 19.4 Å². The van der Waals surface area contributed by atoms with Crippen molar-refractivity contribution in [3.8, 4) is 0 Å². The zero-order valence-corrected chi connectivity index (χ0v) is 7.50. The number of nitrogens with one attached hydrogen (secondary N) is 1. The van der Waals surface area contributed by atoms with E-state index >= 15 is 0 Å². The number of halogens is 2. The lowest BCUT2D eigenvalue weighted by atomic mass is 10.2. The Labute approximate surface area is 75.8 Å². The number of rotatable bonds is 6. The number of hydrogen-bond acceptors (Lipinski definition) is 3. The summed E-state index contributed by atoms with van der Waals surface area (Å²) in [4.78, 5) is 1.27. The first-order chi connectivity index (χ1) is 5.99. The molecule has 1 atom stereocenters. The molecule has 0 aliphatic heterocycles. The topological polar surface area (TPSA) is 73.3 Å². The third-order valence-electron chi connectivity index (χ3n) is 1.76. The maximum absolute atomic E-state index is 12.0. The highest BCUT2D eigenvalue weighted by Crippen LogP contribution is 2.03. The second kappa shape index (κ2) is 5.82. The molecule has 0 aliphatic carbocycles. The van der Waals surface area contributed by atoms with Gasteiger partial charge in [0.2, 0.25) is 0 Å². The number of alkyl halides is 2. The second-order valence-electron chi connectivity index (χ2n) is 2.74. The average molecular weight is 195 g/mol. The van der Waals surface area contributed by atoms with Crippen LogP contribution >= 0.6 is 0 Å². The molecule has 0 saturated carbocycles. The monoisotopic (exact) mass is 195 g/mol. The van der Waals surface area contributed by atoms with E-state index in [-0.39, 0.29) is 19.0 Å². The molecule has 4 nitrogen and oxygen atoms in total. The van der Waals surface area contributed by atoms with E-state index in [4.69, 9.17) is 16.2 Å². The predicted molar refractivity (Wildman–Crippen MR) is 46.0 cm³/mol. The van der Waals surface area contributed by atoms with Crippen LogP contribution in [0.1, 0.15) is 6.92 Å². The lowest BCUT2D eigenvalue weighted by Crippen LogP contribution is -2.45. The molecule has 13 heavy (non-hydrogen) atoms. The normalized spacial score (nSPS) is 13.7. The second-order valence-corrected chi connectivity index (χ2v) is 2.74. The predicted octanol–water partition coefficient (Wildman–Crippen LogP) is -0.130. The fraction of sp³-hybridized carbons (Fsp3) is 0.857. The van der Waals surface area contributed by atoms with Gasteiger partial charge in [-0.2, -0.15) is 0 Å². The number of nitrogens with zero attached hydrogens (tertiary/aromatic N) is 1. The first kappa shape index (κ1) is 12.2. The Balaban J connectivity index is 4.14. The van der Waals surface area contributed by atoms with Crippen molar-refractivity contribution in [2.75, 3.05) is 19.7 Å². The third-order valence-corrected chi connectivity index (χ3v) is 1.76. The highest BCUT2D eigenvalue weighted by molar-refractivity contribution is 5.82. The molecule has 0 spiro atoms.